The highest BCUT2D eigenvalue weighted by atomic mass is 14.6. The lowest BCUT2D eigenvalue weighted by atomic mass is 9.50. The van der Waals surface area contributed by atoms with Gasteiger partial charge in [-0.3, -0.25) is 0 Å². The average molecular weight is 467 g/mol. The Labute approximate surface area is 216 Å². The van der Waals surface area contributed by atoms with Crippen LogP contribution in [0.5, 0.6) is 0 Å². The Hall–Kier alpha value is -3.64. The van der Waals surface area contributed by atoms with E-state index in [1.54, 1.807) is 0 Å². The van der Waals surface area contributed by atoms with E-state index in [-0.39, 0.29) is 16.7 Å². The highest BCUT2D eigenvalue weighted by molar-refractivity contribution is 5.81. The van der Waals surface area contributed by atoms with Crippen LogP contribution >= 0.6 is 0 Å². The summed E-state index contributed by atoms with van der Waals surface area (Å²) < 4.78 is 0. The summed E-state index contributed by atoms with van der Waals surface area (Å²) in [6, 6.07) is 38.6. The number of unbranched alkanes of at least 4 members (excludes halogenated alkanes) is 2. The van der Waals surface area contributed by atoms with Gasteiger partial charge >= 0.3 is 0 Å². The molecule has 0 spiro atoms. The van der Waals surface area contributed by atoms with E-state index in [0.29, 0.717) is 0 Å². The summed E-state index contributed by atoms with van der Waals surface area (Å²) in [6.45, 7) is 6.53. The number of allylic oxidation sites excluding steroid dienone is 2. The highest BCUT2D eigenvalue weighted by Gasteiger charge is 2.57. The van der Waals surface area contributed by atoms with Gasteiger partial charge in [-0.15, -0.1) is 6.58 Å². The van der Waals surface area contributed by atoms with Gasteiger partial charge in [0.25, 0.3) is 0 Å². The van der Waals surface area contributed by atoms with E-state index in [1.807, 2.05) is 0 Å². The summed E-state index contributed by atoms with van der Waals surface area (Å²) in [4.78, 5) is 0. The van der Waals surface area contributed by atoms with Gasteiger partial charge < -0.3 is 0 Å². The molecule has 0 heterocycles. The second kappa shape index (κ2) is 9.10. The van der Waals surface area contributed by atoms with Crippen LogP contribution in [-0.2, 0) is 10.8 Å². The molecule has 36 heavy (non-hydrogen) atoms. The molecule has 2 aliphatic rings. The van der Waals surface area contributed by atoms with Crippen molar-refractivity contribution in [3.05, 3.63) is 150 Å². The molecular formula is C36H34. The predicted molar refractivity (Wildman–Crippen MR) is 153 cm³/mol. The van der Waals surface area contributed by atoms with E-state index in [1.165, 1.54) is 51.8 Å². The second-order valence-corrected chi connectivity index (χ2v) is 10.6. The molecular weight excluding hydrogens is 432 g/mol. The lowest BCUT2D eigenvalue weighted by molar-refractivity contribution is 0.241. The predicted octanol–water partition coefficient (Wildman–Crippen LogP) is 9.47. The minimum absolute atomic E-state index is 0.124. The van der Waals surface area contributed by atoms with Crippen LogP contribution in [0.3, 0.4) is 0 Å². The van der Waals surface area contributed by atoms with Crippen LogP contribution < -0.4 is 0 Å². The first kappa shape index (κ1) is 22.8. The van der Waals surface area contributed by atoms with Crippen molar-refractivity contribution < 1.29 is 0 Å². The molecule has 0 aromatic heterocycles. The van der Waals surface area contributed by atoms with Crippen molar-refractivity contribution in [2.75, 3.05) is 0 Å². The van der Waals surface area contributed by atoms with Crippen LogP contribution in [-0.4, -0.2) is 0 Å². The first-order valence-corrected chi connectivity index (χ1v) is 13.3. The first-order chi connectivity index (χ1) is 17.7. The van der Waals surface area contributed by atoms with E-state index >= 15 is 0 Å². The van der Waals surface area contributed by atoms with Crippen molar-refractivity contribution in [1.82, 2.24) is 0 Å². The zero-order valence-corrected chi connectivity index (χ0v) is 21.2. The largest absolute Gasteiger partial charge is 0.103 e. The smallest absolute Gasteiger partial charge is 0.0244 e. The van der Waals surface area contributed by atoms with Gasteiger partial charge in [0, 0.05) is 16.7 Å². The van der Waals surface area contributed by atoms with Gasteiger partial charge in [0.2, 0.25) is 0 Å². The molecule has 6 rings (SSSR count). The molecule has 0 bridgehead atoms. The molecule has 0 nitrogen and oxygen atoms in total. The van der Waals surface area contributed by atoms with Crippen LogP contribution in [0.1, 0.15) is 66.3 Å². The fourth-order valence-corrected chi connectivity index (χ4v) is 7.24. The molecule has 2 atom stereocenters. The fourth-order valence-electron chi connectivity index (χ4n) is 7.24. The van der Waals surface area contributed by atoms with Gasteiger partial charge in [-0.2, -0.15) is 0 Å². The van der Waals surface area contributed by atoms with Crippen LogP contribution in [0.25, 0.3) is 17.2 Å². The van der Waals surface area contributed by atoms with E-state index in [0.717, 1.165) is 12.8 Å². The molecule has 0 amide bonds. The Morgan fingerprint density at radius 2 is 1.36 bits per heavy atom. The Balaban J connectivity index is 1.65. The zero-order valence-electron chi connectivity index (χ0n) is 21.2. The Bertz CT molecular complexity index is 1380. The van der Waals surface area contributed by atoms with Crippen molar-refractivity contribution in [1.29, 1.82) is 0 Å². The highest BCUT2D eigenvalue weighted by Crippen LogP contribution is 2.63. The molecule has 4 aromatic carbocycles. The molecule has 178 valence electrons. The zero-order chi connectivity index (χ0) is 24.6. The number of rotatable bonds is 8. The fraction of sp³-hybridized carbons (Fsp3) is 0.222. The lowest BCUT2D eigenvalue weighted by Crippen LogP contribution is -2.49. The van der Waals surface area contributed by atoms with E-state index in [4.69, 9.17) is 0 Å². The molecule has 0 fully saturated rings. The minimum Gasteiger partial charge on any atom is -0.103 e. The normalized spacial score (nSPS) is 19.4. The number of hydrogen-bond acceptors (Lipinski definition) is 0. The number of fused-ring (bicyclic) bond motifs is 4. The Morgan fingerprint density at radius 3 is 2.06 bits per heavy atom. The summed E-state index contributed by atoms with van der Waals surface area (Å²) in [5, 5.41) is 0. The molecule has 0 saturated carbocycles. The quantitative estimate of drug-likeness (QED) is 0.179. The summed E-state index contributed by atoms with van der Waals surface area (Å²) in [5.74, 6) is 0.252. The van der Waals surface area contributed by atoms with Gasteiger partial charge in [0.1, 0.15) is 0 Å². The molecule has 0 heteroatoms. The number of benzene rings is 4. The lowest BCUT2D eigenvalue weighted by Gasteiger charge is -2.51. The van der Waals surface area contributed by atoms with Gasteiger partial charge in [-0.05, 0) is 58.2 Å². The van der Waals surface area contributed by atoms with E-state index in [2.05, 4.69) is 135 Å². The van der Waals surface area contributed by atoms with E-state index in [9.17, 15) is 0 Å². The number of hydrogen-bond donors (Lipinski definition) is 0. The van der Waals surface area contributed by atoms with Crippen molar-refractivity contribution in [3.63, 3.8) is 0 Å². The maximum Gasteiger partial charge on any atom is 0.0244 e. The molecule has 2 aliphatic carbocycles. The van der Waals surface area contributed by atoms with Gasteiger partial charge in [0.15, 0.2) is 0 Å². The van der Waals surface area contributed by atoms with Crippen LogP contribution in [0.4, 0.5) is 0 Å². The van der Waals surface area contributed by atoms with Crippen LogP contribution in [0, 0.1) is 0 Å². The summed E-state index contributed by atoms with van der Waals surface area (Å²) in [6.07, 6.45) is 11.5. The third-order valence-corrected chi connectivity index (χ3v) is 8.93. The molecule has 0 saturated heterocycles. The van der Waals surface area contributed by atoms with E-state index < -0.39 is 0 Å². The SMILES string of the molecule is C=CCCCCC1(C(C)(c2ccccc2)C2c3ccccc3-c3ccccc32)C=Cc2ccccc21. The van der Waals surface area contributed by atoms with Crippen LogP contribution in [0.2, 0.25) is 0 Å². The van der Waals surface area contributed by atoms with Gasteiger partial charge in [-0.25, -0.2) is 0 Å². The second-order valence-electron chi connectivity index (χ2n) is 10.6. The monoisotopic (exact) mass is 466 g/mol. The maximum atomic E-state index is 3.98. The van der Waals surface area contributed by atoms with Crippen molar-refractivity contribution in [2.45, 2.75) is 49.4 Å². The standard InChI is InChI=1S/C36H34/c1-3-4-5-15-25-36(26-24-27-16-9-14-23-33(27)36)35(2,28-17-7-6-8-18-28)34-31-21-12-10-19-29(31)30-20-11-13-22-32(30)34/h3,6-14,16-24,26,34H,1,4-5,15,25H2,2H3. The summed E-state index contributed by atoms with van der Waals surface area (Å²) >= 11 is 0. The molecule has 0 N–H and O–H groups in total. The van der Waals surface area contributed by atoms with Crippen molar-refractivity contribution >= 4 is 6.08 Å². The average Bonchev–Trinajstić information content (AvgIpc) is 3.49. The molecule has 2 unspecified atom stereocenters. The molecule has 0 radical (unpaired) electrons. The Kier molecular flexibility index (Phi) is 5.76. The molecule has 4 aromatic rings. The first-order valence-electron chi connectivity index (χ1n) is 13.3. The summed E-state index contributed by atoms with van der Waals surface area (Å²) in [7, 11) is 0. The third kappa shape index (κ3) is 3.28. The summed E-state index contributed by atoms with van der Waals surface area (Å²) in [5.41, 5.74) is 9.61. The van der Waals surface area contributed by atoms with Crippen molar-refractivity contribution in [2.24, 2.45) is 0 Å². The third-order valence-electron chi connectivity index (χ3n) is 8.93. The minimum atomic E-state index is -0.186. The van der Waals surface area contributed by atoms with Gasteiger partial charge in [-0.1, -0.05) is 135 Å². The van der Waals surface area contributed by atoms with Gasteiger partial charge in [0.05, 0.1) is 0 Å². The Morgan fingerprint density at radius 1 is 0.750 bits per heavy atom. The maximum absolute atomic E-state index is 3.98. The molecule has 0 aliphatic heterocycles. The topological polar surface area (TPSA) is 0 Å². The van der Waals surface area contributed by atoms with Crippen LogP contribution in [0.15, 0.2) is 122 Å². The van der Waals surface area contributed by atoms with Crippen molar-refractivity contribution in [3.8, 4) is 11.1 Å².